The lowest BCUT2D eigenvalue weighted by Crippen LogP contribution is -1.94. The highest BCUT2D eigenvalue weighted by atomic mass is 32.1. The van der Waals surface area contributed by atoms with Crippen molar-refractivity contribution in [2.75, 3.05) is 0 Å². The van der Waals surface area contributed by atoms with E-state index in [0.717, 1.165) is 12.8 Å². The molecule has 0 N–H and O–H groups in total. The first kappa shape index (κ1) is 6.98. The van der Waals surface area contributed by atoms with Gasteiger partial charge in [-0.05, 0) is 6.42 Å². The van der Waals surface area contributed by atoms with Gasteiger partial charge in [-0.3, -0.25) is 0 Å². The normalized spacial score (nSPS) is 22.8. The lowest BCUT2D eigenvalue weighted by Gasteiger charge is -2.02. The summed E-state index contributed by atoms with van der Waals surface area (Å²) in [5.74, 6) is 0.558. The van der Waals surface area contributed by atoms with Gasteiger partial charge >= 0.3 is 0 Å². The first-order valence-electron chi connectivity index (χ1n) is 3.84. The number of allylic oxidation sites excluding steroid dienone is 2. The Bertz CT molecular complexity index is 277. The van der Waals surface area contributed by atoms with Crippen molar-refractivity contribution in [1.82, 2.24) is 8.75 Å². The molecule has 3 heteroatoms. The van der Waals surface area contributed by atoms with Crippen LogP contribution in [-0.2, 0) is 6.42 Å². The van der Waals surface area contributed by atoms with Crippen molar-refractivity contribution in [2.24, 2.45) is 0 Å². The third-order valence-corrected chi connectivity index (χ3v) is 2.60. The molecule has 0 fully saturated rings. The summed E-state index contributed by atoms with van der Waals surface area (Å²) in [5.41, 5.74) is 2.39. The molecule has 2 nitrogen and oxygen atoms in total. The summed E-state index contributed by atoms with van der Waals surface area (Å²) in [7, 11) is 0. The van der Waals surface area contributed by atoms with E-state index in [-0.39, 0.29) is 0 Å². The molecule has 1 unspecified atom stereocenters. The predicted octanol–water partition coefficient (Wildman–Crippen LogP) is 2.14. The van der Waals surface area contributed by atoms with Crippen LogP contribution in [-0.4, -0.2) is 8.75 Å². The third kappa shape index (κ3) is 1.20. The smallest absolute Gasteiger partial charge is 0.0815 e. The number of rotatable bonds is 0. The van der Waals surface area contributed by atoms with Crippen LogP contribution in [0.1, 0.15) is 30.7 Å². The van der Waals surface area contributed by atoms with E-state index in [1.807, 2.05) is 0 Å². The molecule has 1 atom stereocenters. The molecule has 0 saturated carbocycles. The highest BCUT2D eigenvalue weighted by molar-refractivity contribution is 6.99. The fourth-order valence-corrected chi connectivity index (χ4v) is 2.02. The molecule has 1 aromatic rings. The van der Waals surface area contributed by atoms with Crippen LogP contribution in [0.15, 0.2) is 12.2 Å². The van der Waals surface area contributed by atoms with E-state index in [2.05, 4.69) is 27.8 Å². The molecular formula is C8H10N2S. The highest BCUT2D eigenvalue weighted by Gasteiger charge is 2.15. The fraction of sp³-hybridized carbons (Fsp3) is 0.500. The SMILES string of the molecule is CC1CC=CCc2nsnc21. The molecular weight excluding hydrogens is 156 g/mol. The zero-order chi connectivity index (χ0) is 7.68. The van der Waals surface area contributed by atoms with Crippen LogP contribution in [0.4, 0.5) is 0 Å². The number of aromatic nitrogens is 2. The maximum absolute atomic E-state index is 4.29. The van der Waals surface area contributed by atoms with Gasteiger partial charge in [0.2, 0.25) is 0 Å². The summed E-state index contributed by atoms with van der Waals surface area (Å²) >= 11 is 1.33. The Labute approximate surface area is 70.3 Å². The van der Waals surface area contributed by atoms with Crippen LogP contribution in [0.3, 0.4) is 0 Å². The summed E-state index contributed by atoms with van der Waals surface area (Å²) in [6, 6.07) is 0. The molecule has 0 saturated heterocycles. The molecule has 0 amide bonds. The quantitative estimate of drug-likeness (QED) is 0.552. The van der Waals surface area contributed by atoms with Gasteiger partial charge in [-0.2, -0.15) is 8.75 Å². The van der Waals surface area contributed by atoms with Crippen LogP contribution >= 0.6 is 11.7 Å². The third-order valence-electron chi connectivity index (χ3n) is 2.02. The summed E-state index contributed by atoms with van der Waals surface area (Å²) in [5, 5.41) is 0. The fourth-order valence-electron chi connectivity index (χ4n) is 1.34. The van der Waals surface area contributed by atoms with E-state index < -0.39 is 0 Å². The molecule has 0 bridgehead atoms. The second kappa shape index (κ2) is 2.74. The topological polar surface area (TPSA) is 25.8 Å². The van der Waals surface area contributed by atoms with Gasteiger partial charge < -0.3 is 0 Å². The first-order valence-corrected chi connectivity index (χ1v) is 4.57. The highest BCUT2D eigenvalue weighted by Crippen LogP contribution is 2.24. The zero-order valence-corrected chi connectivity index (χ0v) is 7.27. The van der Waals surface area contributed by atoms with Crippen LogP contribution in [0, 0.1) is 0 Å². The average molecular weight is 166 g/mol. The van der Waals surface area contributed by atoms with Gasteiger partial charge in [-0.15, -0.1) is 0 Å². The molecule has 11 heavy (non-hydrogen) atoms. The van der Waals surface area contributed by atoms with Crippen molar-refractivity contribution < 1.29 is 0 Å². The van der Waals surface area contributed by atoms with E-state index in [1.165, 1.54) is 23.1 Å². The van der Waals surface area contributed by atoms with E-state index in [9.17, 15) is 0 Å². The van der Waals surface area contributed by atoms with Gasteiger partial charge in [-0.1, -0.05) is 19.1 Å². The molecule has 58 valence electrons. The van der Waals surface area contributed by atoms with Gasteiger partial charge in [0.05, 0.1) is 23.1 Å². The minimum atomic E-state index is 0.558. The van der Waals surface area contributed by atoms with E-state index >= 15 is 0 Å². The number of hydrogen-bond donors (Lipinski definition) is 0. The van der Waals surface area contributed by atoms with Crippen molar-refractivity contribution in [3.8, 4) is 0 Å². The average Bonchev–Trinajstić information content (AvgIpc) is 2.40. The minimum Gasteiger partial charge on any atom is -0.178 e. The second-order valence-electron chi connectivity index (χ2n) is 2.91. The largest absolute Gasteiger partial charge is 0.178 e. The molecule has 1 heterocycles. The van der Waals surface area contributed by atoms with E-state index in [1.54, 1.807) is 0 Å². The van der Waals surface area contributed by atoms with Crippen LogP contribution in [0.25, 0.3) is 0 Å². The number of fused-ring (bicyclic) bond motifs is 1. The maximum atomic E-state index is 4.29. The monoisotopic (exact) mass is 166 g/mol. The molecule has 2 rings (SSSR count). The Hall–Kier alpha value is -0.700. The molecule has 1 aliphatic rings. The summed E-state index contributed by atoms with van der Waals surface area (Å²) in [6.07, 6.45) is 6.48. The molecule has 0 aromatic carbocycles. The lowest BCUT2D eigenvalue weighted by atomic mass is 10.0. The second-order valence-corrected chi connectivity index (χ2v) is 3.44. The van der Waals surface area contributed by atoms with Crippen LogP contribution in [0.5, 0.6) is 0 Å². The van der Waals surface area contributed by atoms with Crippen molar-refractivity contribution in [1.29, 1.82) is 0 Å². The van der Waals surface area contributed by atoms with E-state index in [0.29, 0.717) is 5.92 Å². The predicted molar refractivity (Wildman–Crippen MR) is 45.8 cm³/mol. The van der Waals surface area contributed by atoms with Gasteiger partial charge in [0.15, 0.2) is 0 Å². The van der Waals surface area contributed by atoms with Crippen LogP contribution < -0.4 is 0 Å². The van der Waals surface area contributed by atoms with Crippen molar-refractivity contribution in [3.63, 3.8) is 0 Å². The Morgan fingerprint density at radius 2 is 2.36 bits per heavy atom. The Kier molecular flexibility index (Phi) is 1.74. The summed E-state index contributed by atoms with van der Waals surface area (Å²) in [6.45, 7) is 2.20. The van der Waals surface area contributed by atoms with Gasteiger partial charge in [-0.25, -0.2) is 0 Å². The maximum Gasteiger partial charge on any atom is 0.0815 e. The van der Waals surface area contributed by atoms with Gasteiger partial charge in [0.1, 0.15) is 0 Å². The van der Waals surface area contributed by atoms with E-state index in [4.69, 9.17) is 0 Å². The Balaban J connectivity index is 2.41. The van der Waals surface area contributed by atoms with Crippen molar-refractivity contribution in [2.45, 2.75) is 25.7 Å². The first-order chi connectivity index (χ1) is 5.38. The van der Waals surface area contributed by atoms with Gasteiger partial charge in [0.25, 0.3) is 0 Å². The van der Waals surface area contributed by atoms with Crippen molar-refractivity contribution in [3.05, 3.63) is 23.5 Å². The number of hydrogen-bond acceptors (Lipinski definition) is 3. The van der Waals surface area contributed by atoms with Crippen LogP contribution in [0.2, 0.25) is 0 Å². The standard InChI is InChI=1S/C8H10N2S/c1-6-4-2-3-5-7-8(6)10-11-9-7/h2-3,6H,4-5H2,1H3. The number of nitrogens with zero attached hydrogens (tertiary/aromatic N) is 2. The lowest BCUT2D eigenvalue weighted by molar-refractivity contribution is 0.758. The Morgan fingerprint density at radius 1 is 1.45 bits per heavy atom. The van der Waals surface area contributed by atoms with Crippen molar-refractivity contribution >= 4 is 11.7 Å². The summed E-state index contributed by atoms with van der Waals surface area (Å²) < 4.78 is 8.53. The molecule has 0 aliphatic heterocycles. The minimum absolute atomic E-state index is 0.558. The summed E-state index contributed by atoms with van der Waals surface area (Å²) in [4.78, 5) is 0. The van der Waals surface area contributed by atoms with Gasteiger partial charge in [0, 0.05) is 12.3 Å². The molecule has 0 radical (unpaired) electrons. The Morgan fingerprint density at radius 3 is 3.27 bits per heavy atom. The molecule has 1 aliphatic carbocycles. The molecule has 1 aromatic heterocycles. The zero-order valence-electron chi connectivity index (χ0n) is 6.45. The molecule has 0 spiro atoms.